The fourth-order valence-electron chi connectivity index (χ4n) is 1.45. The highest BCUT2D eigenvalue weighted by Crippen LogP contribution is 2.25. The molecular formula is C13H13ClN2O. The summed E-state index contributed by atoms with van der Waals surface area (Å²) in [6, 6.07) is 15.2. The molecule has 88 valence electrons. The molecule has 0 spiro atoms. The zero-order chi connectivity index (χ0) is 12.1. The molecule has 0 aliphatic heterocycles. The van der Waals surface area contributed by atoms with Crippen LogP contribution >= 0.6 is 11.6 Å². The highest BCUT2D eigenvalue weighted by atomic mass is 35.5. The second-order valence-electron chi connectivity index (χ2n) is 3.43. The van der Waals surface area contributed by atoms with Crippen LogP contribution in [0.5, 0.6) is 5.75 Å². The fourth-order valence-corrected chi connectivity index (χ4v) is 1.63. The average Bonchev–Trinajstić information content (AvgIpc) is 2.38. The quantitative estimate of drug-likeness (QED) is 0.808. The van der Waals surface area contributed by atoms with Crippen molar-refractivity contribution in [2.24, 2.45) is 0 Å². The molecule has 0 saturated carbocycles. The Balaban J connectivity index is 2.10. The molecule has 0 heterocycles. The number of anilines is 2. The highest BCUT2D eigenvalue weighted by molar-refractivity contribution is 6.33. The van der Waals surface area contributed by atoms with Gasteiger partial charge in [0, 0.05) is 0 Å². The third kappa shape index (κ3) is 2.82. The molecule has 0 amide bonds. The summed E-state index contributed by atoms with van der Waals surface area (Å²) < 4.78 is 5.23. The molecule has 17 heavy (non-hydrogen) atoms. The molecule has 0 unspecified atom stereocenters. The lowest BCUT2D eigenvalue weighted by Crippen LogP contribution is -2.09. The summed E-state index contributed by atoms with van der Waals surface area (Å²) >= 11 is 6.03. The number of hydrogen-bond donors (Lipinski definition) is 2. The van der Waals surface area contributed by atoms with Crippen molar-refractivity contribution in [3.05, 3.63) is 53.6 Å². The van der Waals surface area contributed by atoms with Crippen molar-refractivity contribution in [1.29, 1.82) is 0 Å². The van der Waals surface area contributed by atoms with E-state index >= 15 is 0 Å². The van der Waals surface area contributed by atoms with Gasteiger partial charge in [-0.15, -0.1) is 0 Å². The Morgan fingerprint density at radius 3 is 2.18 bits per heavy atom. The van der Waals surface area contributed by atoms with Gasteiger partial charge in [0.15, 0.2) is 0 Å². The van der Waals surface area contributed by atoms with E-state index in [1.54, 1.807) is 7.11 Å². The van der Waals surface area contributed by atoms with E-state index in [4.69, 9.17) is 16.3 Å². The maximum absolute atomic E-state index is 6.03. The maximum atomic E-state index is 6.03. The molecule has 0 radical (unpaired) electrons. The lowest BCUT2D eigenvalue weighted by atomic mass is 10.3. The largest absolute Gasteiger partial charge is 0.495 e. The molecule has 2 N–H and O–H groups in total. The first kappa shape index (κ1) is 11.6. The third-order valence-corrected chi connectivity index (χ3v) is 2.64. The number of nitrogens with one attached hydrogen (secondary N) is 2. The summed E-state index contributed by atoms with van der Waals surface area (Å²) in [5.74, 6) is 0.770. The van der Waals surface area contributed by atoms with Gasteiger partial charge in [-0.25, -0.2) is 0 Å². The van der Waals surface area contributed by atoms with Gasteiger partial charge < -0.3 is 4.74 Å². The number of methoxy groups -OCH3 is 1. The van der Waals surface area contributed by atoms with Gasteiger partial charge in [0.1, 0.15) is 5.75 Å². The number of rotatable bonds is 4. The van der Waals surface area contributed by atoms with Gasteiger partial charge in [0.25, 0.3) is 0 Å². The molecule has 0 atom stereocenters. The Hall–Kier alpha value is -1.87. The average molecular weight is 249 g/mol. The molecule has 2 aromatic rings. The van der Waals surface area contributed by atoms with Gasteiger partial charge in [-0.1, -0.05) is 35.9 Å². The van der Waals surface area contributed by atoms with E-state index in [0.717, 1.165) is 17.1 Å². The summed E-state index contributed by atoms with van der Waals surface area (Å²) in [5.41, 5.74) is 7.78. The first-order chi connectivity index (χ1) is 8.31. The van der Waals surface area contributed by atoms with Crippen LogP contribution in [0.25, 0.3) is 0 Å². The lowest BCUT2D eigenvalue weighted by molar-refractivity contribution is 0.416. The van der Waals surface area contributed by atoms with E-state index in [1.807, 2.05) is 48.5 Å². The zero-order valence-electron chi connectivity index (χ0n) is 9.41. The van der Waals surface area contributed by atoms with E-state index in [9.17, 15) is 0 Å². The number of hydrazine groups is 1. The van der Waals surface area contributed by atoms with E-state index in [-0.39, 0.29) is 0 Å². The Kier molecular flexibility index (Phi) is 3.73. The number of hydrogen-bond acceptors (Lipinski definition) is 3. The minimum absolute atomic E-state index is 0.662. The van der Waals surface area contributed by atoms with E-state index in [2.05, 4.69) is 10.9 Å². The third-order valence-electron chi connectivity index (χ3n) is 2.31. The Labute approximate surface area is 105 Å². The van der Waals surface area contributed by atoms with Gasteiger partial charge in [0.05, 0.1) is 23.5 Å². The van der Waals surface area contributed by atoms with Crippen molar-refractivity contribution in [3.8, 4) is 5.75 Å². The molecule has 0 aromatic heterocycles. The molecule has 0 fully saturated rings. The van der Waals surface area contributed by atoms with E-state index < -0.39 is 0 Å². The minimum Gasteiger partial charge on any atom is -0.495 e. The predicted octanol–water partition coefficient (Wildman–Crippen LogP) is 3.79. The van der Waals surface area contributed by atoms with Crippen LogP contribution in [0.15, 0.2) is 48.5 Å². The van der Waals surface area contributed by atoms with Gasteiger partial charge >= 0.3 is 0 Å². The second-order valence-corrected chi connectivity index (χ2v) is 3.84. The van der Waals surface area contributed by atoms with Crippen molar-refractivity contribution >= 4 is 23.0 Å². The Morgan fingerprint density at radius 2 is 1.47 bits per heavy atom. The smallest absolute Gasteiger partial charge is 0.143 e. The van der Waals surface area contributed by atoms with Crippen molar-refractivity contribution in [2.75, 3.05) is 18.0 Å². The van der Waals surface area contributed by atoms with Crippen LogP contribution in [-0.2, 0) is 0 Å². The Bertz CT molecular complexity index is 502. The van der Waals surface area contributed by atoms with Crippen LogP contribution in [0.3, 0.4) is 0 Å². The SMILES string of the molecule is COc1ccccc1NNc1ccccc1Cl. The highest BCUT2D eigenvalue weighted by Gasteiger charge is 2.01. The number of para-hydroxylation sites is 3. The lowest BCUT2D eigenvalue weighted by Gasteiger charge is -2.13. The zero-order valence-corrected chi connectivity index (χ0v) is 10.2. The summed E-state index contributed by atoms with van der Waals surface area (Å²) in [6.07, 6.45) is 0. The van der Waals surface area contributed by atoms with Crippen LogP contribution in [0.1, 0.15) is 0 Å². The first-order valence-corrected chi connectivity index (χ1v) is 5.58. The molecule has 0 aliphatic carbocycles. The molecule has 4 heteroatoms. The maximum Gasteiger partial charge on any atom is 0.143 e. The summed E-state index contributed by atoms with van der Waals surface area (Å²) in [4.78, 5) is 0. The number of benzene rings is 2. The number of halogens is 1. The molecular weight excluding hydrogens is 236 g/mol. The minimum atomic E-state index is 0.662. The van der Waals surface area contributed by atoms with Gasteiger partial charge in [-0.3, -0.25) is 10.9 Å². The molecule has 0 bridgehead atoms. The van der Waals surface area contributed by atoms with Crippen LogP contribution in [-0.4, -0.2) is 7.11 Å². The molecule has 2 aromatic carbocycles. The van der Waals surface area contributed by atoms with Crippen molar-refractivity contribution in [1.82, 2.24) is 0 Å². The second kappa shape index (κ2) is 5.46. The van der Waals surface area contributed by atoms with Gasteiger partial charge in [-0.05, 0) is 24.3 Å². The molecule has 3 nitrogen and oxygen atoms in total. The summed E-state index contributed by atoms with van der Waals surface area (Å²) in [5, 5.41) is 0.662. The van der Waals surface area contributed by atoms with Crippen LogP contribution in [0.2, 0.25) is 5.02 Å². The van der Waals surface area contributed by atoms with Crippen molar-refractivity contribution in [3.63, 3.8) is 0 Å². The monoisotopic (exact) mass is 248 g/mol. The standard InChI is InChI=1S/C13H13ClN2O/c1-17-13-9-5-4-8-12(13)16-15-11-7-3-2-6-10(11)14/h2-9,15-16H,1H3. The van der Waals surface area contributed by atoms with E-state index in [1.165, 1.54) is 0 Å². The normalized spacial score (nSPS) is 9.76. The van der Waals surface area contributed by atoms with Gasteiger partial charge in [-0.2, -0.15) is 0 Å². The topological polar surface area (TPSA) is 33.3 Å². The predicted molar refractivity (Wildman–Crippen MR) is 71.7 cm³/mol. The Morgan fingerprint density at radius 1 is 0.882 bits per heavy atom. The summed E-state index contributed by atoms with van der Waals surface area (Å²) in [7, 11) is 1.63. The van der Waals surface area contributed by atoms with Gasteiger partial charge in [0.2, 0.25) is 0 Å². The fraction of sp³-hybridized carbons (Fsp3) is 0.0769. The van der Waals surface area contributed by atoms with Crippen LogP contribution < -0.4 is 15.6 Å². The van der Waals surface area contributed by atoms with Crippen LogP contribution in [0.4, 0.5) is 11.4 Å². The van der Waals surface area contributed by atoms with Crippen molar-refractivity contribution < 1.29 is 4.74 Å². The first-order valence-electron chi connectivity index (χ1n) is 5.21. The molecule has 2 rings (SSSR count). The van der Waals surface area contributed by atoms with Crippen LogP contribution in [0, 0.1) is 0 Å². The molecule has 0 saturated heterocycles. The van der Waals surface area contributed by atoms with Crippen molar-refractivity contribution in [2.45, 2.75) is 0 Å². The molecule has 0 aliphatic rings. The number of ether oxygens (including phenoxy) is 1. The summed E-state index contributed by atoms with van der Waals surface area (Å²) in [6.45, 7) is 0. The van der Waals surface area contributed by atoms with E-state index in [0.29, 0.717) is 5.02 Å².